The Morgan fingerprint density at radius 2 is 2.14 bits per heavy atom. The lowest BCUT2D eigenvalue weighted by Crippen LogP contribution is -2.34. The third-order valence-corrected chi connectivity index (χ3v) is 3.88. The van der Waals surface area contributed by atoms with Crippen LogP contribution in [0.15, 0.2) is 18.2 Å². The van der Waals surface area contributed by atoms with Crippen molar-refractivity contribution >= 4 is 11.6 Å². The van der Waals surface area contributed by atoms with Gasteiger partial charge in [0, 0.05) is 18.8 Å². The monoisotopic (exact) mass is 291 g/mol. The number of hydrogen-bond donors (Lipinski definition) is 2. The minimum atomic E-state index is -0.139. The second-order valence-electron chi connectivity index (χ2n) is 5.78. The van der Waals surface area contributed by atoms with Crippen LogP contribution in [0.3, 0.4) is 0 Å². The summed E-state index contributed by atoms with van der Waals surface area (Å²) in [7, 11) is 1.57. The molecule has 1 unspecified atom stereocenters. The molecule has 0 radical (unpaired) electrons. The lowest BCUT2D eigenvalue weighted by molar-refractivity contribution is 0.0945. The van der Waals surface area contributed by atoms with Crippen LogP contribution in [0.4, 0.5) is 5.69 Å². The molecule has 1 aliphatic heterocycles. The van der Waals surface area contributed by atoms with Gasteiger partial charge in [-0.3, -0.25) is 4.79 Å². The summed E-state index contributed by atoms with van der Waals surface area (Å²) in [6, 6.07) is 5.12. The molecule has 2 rings (SSSR count). The number of rotatable bonds is 6. The summed E-state index contributed by atoms with van der Waals surface area (Å²) < 4.78 is 5.13. The molecule has 0 aromatic heterocycles. The summed E-state index contributed by atoms with van der Waals surface area (Å²) in [5.74, 6) is 0.929. The van der Waals surface area contributed by atoms with Crippen molar-refractivity contribution in [2.75, 3.05) is 39.0 Å². The van der Waals surface area contributed by atoms with Gasteiger partial charge >= 0.3 is 0 Å². The highest BCUT2D eigenvalue weighted by molar-refractivity contribution is 5.99. The zero-order valence-corrected chi connectivity index (χ0v) is 12.9. The van der Waals surface area contributed by atoms with Crippen LogP contribution in [0.5, 0.6) is 5.75 Å². The van der Waals surface area contributed by atoms with Gasteiger partial charge in [-0.2, -0.15) is 0 Å². The van der Waals surface area contributed by atoms with E-state index in [9.17, 15) is 4.79 Å². The third kappa shape index (κ3) is 4.36. The molecule has 1 saturated heterocycles. The fourth-order valence-electron chi connectivity index (χ4n) is 2.69. The third-order valence-electron chi connectivity index (χ3n) is 3.88. The van der Waals surface area contributed by atoms with Crippen LogP contribution < -0.4 is 15.8 Å². The number of nitrogens with one attached hydrogen (secondary N) is 1. The molecule has 1 fully saturated rings. The minimum Gasteiger partial charge on any atom is -0.497 e. The fraction of sp³-hybridized carbons (Fsp3) is 0.562. The molecule has 21 heavy (non-hydrogen) atoms. The second-order valence-corrected chi connectivity index (χ2v) is 5.78. The first-order valence-electron chi connectivity index (χ1n) is 7.54. The predicted octanol–water partition coefficient (Wildman–Crippen LogP) is 1.74. The number of ether oxygens (including phenoxy) is 1. The molecule has 1 heterocycles. The van der Waals surface area contributed by atoms with Gasteiger partial charge in [0.25, 0.3) is 5.91 Å². The van der Waals surface area contributed by atoms with Crippen LogP contribution in [0, 0.1) is 5.92 Å². The van der Waals surface area contributed by atoms with Crippen molar-refractivity contribution in [2.24, 2.45) is 5.92 Å². The highest BCUT2D eigenvalue weighted by Gasteiger charge is 2.16. The van der Waals surface area contributed by atoms with Crippen molar-refractivity contribution in [1.82, 2.24) is 10.2 Å². The van der Waals surface area contributed by atoms with E-state index in [1.54, 1.807) is 25.3 Å². The number of nitrogen functional groups attached to an aromatic ring is 1. The van der Waals surface area contributed by atoms with Crippen LogP contribution in [-0.4, -0.2) is 44.1 Å². The number of benzene rings is 1. The average Bonchev–Trinajstić information content (AvgIpc) is 2.98. The first-order valence-corrected chi connectivity index (χ1v) is 7.54. The number of anilines is 1. The molecule has 116 valence electrons. The molecule has 1 atom stereocenters. The second kappa shape index (κ2) is 7.31. The molecule has 3 N–H and O–H groups in total. The normalized spacial score (nSPS) is 16.7. The Morgan fingerprint density at radius 1 is 1.43 bits per heavy atom. The van der Waals surface area contributed by atoms with Gasteiger partial charge in [-0.05, 0) is 50.0 Å². The van der Waals surface area contributed by atoms with Gasteiger partial charge in [0.1, 0.15) is 5.75 Å². The lowest BCUT2D eigenvalue weighted by atomic mass is 10.1. The Labute approximate surface area is 126 Å². The van der Waals surface area contributed by atoms with Gasteiger partial charge in [-0.25, -0.2) is 0 Å². The summed E-state index contributed by atoms with van der Waals surface area (Å²) in [6.07, 6.45) is 2.58. The number of likely N-dealkylation sites (tertiary alicyclic amines) is 1. The molecule has 1 aromatic carbocycles. The van der Waals surface area contributed by atoms with Crippen molar-refractivity contribution in [1.29, 1.82) is 0 Å². The summed E-state index contributed by atoms with van der Waals surface area (Å²) >= 11 is 0. The number of amides is 1. The van der Waals surface area contributed by atoms with E-state index in [-0.39, 0.29) is 5.91 Å². The Hall–Kier alpha value is -1.75. The number of hydrogen-bond acceptors (Lipinski definition) is 4. The van der Waals surface area contributed by atoms with E-state index >= 15 is 0 Å². The molecular formula is C16H25N3O2. The van der Waals surface area contributed by atoms with Crippen molar-refractivity contribution in [2.45, 2.75) is 19.8 Å². The maximum atomic E-state index is 12.2. The van der Waals surface area contributed by atoms with Gasteiger partial charge in [-0.1, -0.05) is 6.92 Å². The maximum absolute atomic E-state index is 12.2. The number of methoxy groups -OCH3 is 1. The van der Waals surface area contributed by atoms with Gasteiger partial charge in [-0.15, -0.1) is 0 Å². The standard InChI is InChI=1S/C16H25N3O2/c1-12(11-19-7-3-4-8-19)10-18-16(20)14-9-13(21-2)5-6-15(14)17/h5-6,9,12H,3-4,7-8,10-11,17H2,1-2H3,(H,18,20). The van der Waals surface area contributed by atoms with Gasteiger partial charge in [0.15, 0.2) is 0 Å². The highest BCUT2D eigenvalue weighted by Crippen LogP contribution is 2.19. The van der Waals surface area contributed by atoms with Crippen LogP contribution in [0.25, 0.3) is 0 Å². The number of nitrogens with zero attached hydrogens (tertiary/aromatic N) is 1. The van der Waals surface area contributed by atoms with Crippen molar-refractivity contribution < 1.29 is 9.53 Å². The Kier molecular flexibility index (Phi) is 5.44. The minimum absolute atomic E-state index is 0.139. The summed E-state index contributed by atoms with van der Waals surface area (Å²) in [5, 5.41) is 2.96. The van der Waals surface area contributed by atoms with Crippen LogP contribution in [0.2, 0.25) is 0 Å². The molecule has 0 bridgehead atoms. The molecule has 1 aromatic rings. The zero-order valence-electron chi connectivity index (χ0n) is 12.9. The molecule has 1 aliphatic rings. The summed E-state index contributed by atoms with van der Waals surface area (Å²) in [6.45, 7) is 6.22. The molecule has 1 amide bonds. The number of carbonyl (C=O) groups is 1. The molecular weight excluding hydrogens is 266 g/mol. The first kappa shape index (κ1) is 15.6. The van der Waals surface area contributed by atoms with E-state index in [0.717, 1.165) is 6.54 Å². The van der Waals surface area contributed by atoms with Crippen molar-refractivity contribution in [3.8, 4) is 5.75 Å². The molecule has 0 spiro atoms. The smallest absolute Gasteiger partial charge is 0.253 e. The van der Waals surface area contributed by atoms with Gasteiger partial charge in [0.2, 0.25) is 0 Å². The quantitative estimate of drug-likeness (QED) is 0.783. The first-order chi connectivity index (χ1) is 10.1. The van der Waals surface area contributed by atoms with Crippen LogP contribution >= 0.6 is 0 Å². The fourth-order valence-corrected chi connectivity index (χ4v) is 2.69. The van der Waals surface area contributed by atoms with Gasteiger partial charge in [0.05, 0.1) is 12.7 Å². The molecule has 5 nitrogen and oxygen atoms in total. The largest absolute Gasteiger partial charge is 0.497 e. The Morgan fingerprint density at radius 3 is 2.81 bits per heavy atom. The molecule has 0 aliphatic carbocycles. The topological polar surface area (TPSA) is 67.6 Å². The number of carbonyl (C=O) groups excluding carboxylic acids is 1. The summed E-state index contributed by atoms with van der Waals surface area (Å²) in [4.78, 5) is 14.7. The van der Waals surface area contributed by atoms with E-state index in [2.05, 4.69) is 17.1 Å². The maximum Gasteiger partial charge on any atom is 0.253 e. The SMILES string of the molecule is COc1ccc(N)c(C(=O)NCC(C)CN2CCCC2)c1. The number of nitrogens with two attached hydrogens (primary N) is 1. The van der Waals surface area contributed by atoms with E-state index < -0.39 is 0 Å². The van der Waals surface area contributed by atoms with Crippen LogP contribution in [-0.2, 0) is 0 Å². The van der Waals surface area contributed by atoms with Crippen molar-refractivity contribution in [3.05, 3.63) is 23.8 Å². The Balaban J connectivity index is 1.86. The van der Waals surface area contributed by atoms with Gasteiger partial charge < -0.3 is 20.7 Å². The Bertz CT molecular complexity index is 484. The summed E-state index contributed by atoms with van der Waals surface area (Å²) in [5.41, 5.74) is 6.81. The van der Waals surface area contributed by atoms with E-state index in [4.69, 9.17) is 10.5 Å². The lowest BCUT2D eigenvalue weighted by Gasteiger charge is -2.20. The van der Waals surface area contributed by atoms with E-state index in [1.165, 1.54) is 25.9 Å². The molecule has 5 heteroatoms. The zero-order chi connectivity index (χ0) is 15.2. The highest BCUT2D eigenvalue weighted by atomic mass is 16.5. The van der Waals surface area contributed by atoms with Crippen LogP contribution in [0.1, 0.15) is 30.1 Å². The predicted molar refractivity (Wildman–Crippen MR) is 84.6 cm³/mol. The van der Waals surface area contributed by atoms with E-state index in [0.29, 0.717) is 29.5 Å². The molecule has 0 saturated carbocycles. The van der Waals surface area contributed by atoms with E-state index in [1.807, 2.05) is 0 Å². The van der Waals surface area contributed by atoms with Crippen molar-refractivity contribution in [3.63, 3.8) is 0 Å². The average molecular weight is 291 g/mol.